The van der Waals surface area contributed by atoms with Gasteiger partial charge in [0.05, 0.1) is 6.04 Å². The van der Waals surface area contributed by atoms with Gasteiger partial charge in [0.15, 0.2) is 0 Å². The number of piperidine rings is 1. The third-order valence-electron chi connectivity index (χ3n) is 2.37. The lowest BCUT2D eigenvalue weighted by atomic mass is 9.89. The first-order valence-electron chi connectivity index (χ1n) is 4.06. The highest BCUT2D eigenvalue weighted by atomic mass is 16.1. The minimum atomic E-state index is 0.198. The van der Waals surface area contributed by atoms with Gasteiger partial charge in [0.1, 0.15) is 0 Å². The van der Waals surface area contributed by atoms with Crippen LogP contribution in [0.15, 0.2) is 12.3 Å². The van der Waals surface area contributed by atoms with Crippen molar-refractivity contribution in [3.05, 3.63) is 12.3 Å². The first-order valence-corrected chi connectivity index (χ1v) is 4.06. The van der Waals surface area contributed by atoms with Crippen LogP contribution in [0.3, 0.4) is 0 Å². The van der Waals surface area contributed by atoms with E-state index in [1.54, 1.807) is 0 Å². The van der Waals surface area contributed by atoms with E-state index in [0.717, 1.165) is 13.0 Å². The molecule has 1 saturated heterocycles. The molecule has 2 aliphatic rings. The number of rotatable bonds is 0. The number of hydrogen-bond acceptors (Lipinski definition) is 2. The molecule has 1 amide bonds. The second-order valence-electron chi connectivity index (χ2n) is 3.14. The zero-order valence-electron chi connectivity index (χ0n) is 6.34. The Morgan fingerprint density at radius 3 is 3.36 bits per heavy atom. The molecule has 2 heterocycles. The van der Waals surface area contributed by atoms with Crippen molar-refractivity contribution >= 4 is 5.91 Å². The van der Waals surface area contributed by atoms with E-state index in [4.69, 9.17) is 0 Å². The lowest BCUT2D eigenvalue weighted by Gasteiger charge is -2.32. The first-order chi connectivity index (χ1) is 5.36. The summed E-state index contributed by atoms with van der Waals surface area (Å²) in [4.78, 5) is 11.0. The summed E-state index contributed by atoms with van der Waals surface area (Å²) in [5.41, 5.74) is 0. The molecule has 0 radical (unpaired) electrons. The molecule has 0 aromatic heterocycles. The molecule has 11 heavy (non-hydrogen) atoms. The van der Waals surface area contributed by atoms with E-state index in [0.29, 0.717) is 18.4 Å². The van der Waals surface area contributed by atoms with Crippen LogP contribution in [0.4, 0.5) is 0 Å². The van der Waals surface area contributed by atoms with Crippen LogP contribution >= 0.6 is 0 Å². The van der Waals surface area contributed by atoms with Gasteiger partial charge in [-0.05, 0) is 12.6 Å². The van der Waals surface area contributed by atoms with Gasteiger partial charge in [-0.25, -0.2) is 0 Å². The van der Waals surface area contributed by atoms with Gasteiger partial charge < -0.3 is 10.6 Å². The number of amides is 1. The summed E-state index contributed by atoms with van der Waals surface area (Å²) in [5.74, 6) is 0.761. The topological polar surface area (TPSA) is 41.1 Å². The summed E-state index contributed by atoms with van der Waals surface area (Å²) in [5, 5.41) is 6.07. The summed E-state index contributed by atoms with van der Waals surface area (Å²) in [7, 11) is 0. The van der Waals surface area contributed by atoms with Gasteiger partial charge in [-0.1, -0.05) is 6.08 Å². The van der Waals surface area contributed by atoms with Crippen LogP contribution in [0.2, 0.25) is 0 Å². The molecule has 0 saturated carbocycles. The fourth-order valence-corrected chi connectivity index (χ4v) is 1.70. The molecule has 0 aliphatic carbocycles. The van der Waals surface area contributed by atoms with Crippen molar-refractivity contribution in [3.63, 3.8) is 0 Å². The summed E-state index contributed by atoms with van der Waals surface area (Å²) in [6.07, 6.45) is 5.83. The minimum absolute atomic E-state index is 0.198. The van der Waals surface area contributed by atoms with Crippen molar-refractivity contribution in [2.75, 3.05) is 6.54 Å². The predicted octanol–water partition coefficient (Wildman–Crippen LogP) is -0.00190. The van der Waals surface area contributed by atoms with Gasteiger partial charge >= 0.3 is 0 Å². The molecule has 2 atom stereocenters. The average molecular weight is 152 g/mol. The number of fused-ring (bicyclic) bond motifs is 1. The lowest BCUT2D eigenvalue weighted by molar-refractivity contribution is -0.123. The second kappa shape index (κ2) is 2.57. The van der Waals surface area contributed by atoms with Gasteiger partial charge in [0, 0.05) is 18.9 Å². The average Bonchev–Trinajstić information content (AvgIpc) is 2.04. The third kappa shape index (κ3) is 1.23. The largest absolute Gasteiger partial charge is 0.389 e. The maximum absolute atomic E-state index is 11.0. The van der Waals surface area contributed by atoms with Crippen molar-refractivity contribution in [2.24, 2.45) is 5.92 Å². The van der Waals surface area contributed by atoms with E-state index in [2.05, 4.69) is 16.7 Å². The van der Waals surface area contributed by atoms with Crippen molar-refractivity contribution in [3.8, 4) is 0 Å². The van der Waals surface area contributed by atoms with Crippen LogP contribution in [-0.2, 0) is 4.79 Å². The Balaban J connectivity index is 2.07. The van der Waals surface area contributed by atoms with Gasteiger partial charge in [0.2, 0.25) is 5.91 Å². The Hall–Kier alpha value is -0.990. The molecule has 2 N–H and O–H groups in total. The number of carbonyl (C=O) groups excluding carboxylic acids is 1. The fourth-order valence-electron chi connectivity index (χ4n) is 1.70. The summed E-state index contributed by atoms with van der Waals surface area (Å²) >= 11 is 0. The highest BCUT2D eigenvalue weighted by Crippen LogP contribution is 2.19. The molecule has 2 aliphatic heterocycles. The molecule has 1 fully saturated rings. The zero-order valence-corrected chi connectivity index (χ0v) is 6.34. The van der Waals surface area contributed by atoms with Crippen LogP contribution in [0.25, 0.3) is 0 Å². The fraction of sp³-hybridized carbons (Fsp3) is 0.625. The Kier molecular flexibility index (Phi) is 1.56. The van der Waals surface area contributed by atoms with Crippen LogP contribution in [0.1, 0.15) is 12.8 Å². The van der Waals surface area contributed by atoms with Crippen LogP contribution < -0.4 is 10.6 Å². The summed E-state index contributed by atoms with van der Waals surface area (Å²) in [6.45, 7) is 0.882. The van der Waals surface area contributed by atoms with Crippen molar-refractivity contribution in [1.82, 2.24) is 10.6 Å². The van der Waals surface area contributed by atoms with E-state index in [-0.39, 0.29) is 5.91 Å². The lowest BCUT2D eigenvalue weighted by Crippen LogP contribution is -2.50. The highest BCUT2D eigenvalue weighted by molar-refractivity contribution is 5.77. The predicted molar refractivity (Wildman–Crippen MR) is 41.8 cm³/mol. The van der Waals surface area contributed by atoms with Crippen LogP contribution in [0.5, 0.6) is 0 Å². The maximum atomic E-state index is 11.0. The molecule has 3 heteroatoms. The molecule has 2 unspecified atom stereocenters. The van der Waals surface area contributed by atoms with E-state index >= 15 is 0 Å². The quantitative estimate of drug-likeness (QED) is 0.513. The van der Waals surface area contributed by atoms with E-state index < -0.39 is 0 Å². The number of hydrogen-bond donors (Lipinski definition) is 2. The Labute approximate surface area is 65.9 Å². The van der Waals surface area contributed by atoms with Gasteiger partial charge in [-0.2, -0.15) is 0 Å². The maximum Gasteiger partial charge on any atom is 0.220 e. The zero-order chi connectivity index (χ0) is 7.68. The number of carbonyl (C=O) groups is 1. The normalized spacial score (nSPS) is 35.5. The SMILES string of the molecule is O=C1CCC2C=CNCC2N1. The second-order valence-corrected chi connectivity index (χ2v) is 3.14. The van der Waals surface area contributed by atoms with E-state index in [9.17, 15) is 4.79 Å². The summed E-state index contributed by atoms with van der Waals surface area (Å²) < 4.78 is 0. The number of nitrogens with one attached hydrogen (secondary N) is 2. The molecule has 0 bridgehead atoms. The Bertz CT molecular complexity index is 200. The molecule has 0 spiro atoms. The van der Waals surface area contributed by atoms with Gasteiger partial charge in [-0.3, -0.25) is 4.79 Å². The standard InChI is InChI=1S/C8H12N2O/c11-8-2-1-6-3-4-9-5-7(6)10-8/h3-4,6-7,9H,1-2,5H2,(H,10,11). The molecule has 3 nitrogen and oxygen atoms in total. The molecular formula is C8H12N2O. The third-order valence-corrected chi connectivity index (χ3v) is 2.37. The first kappa shape index (κ1) is 6.70. The van der Waals surface area contributed by atoms with Crippen molar-refractivity contribution in [2.45, 2.75) is 18.9 Å². The molecule has 0 aromatic carbocycles. The molecule has 2 rings (SSSR count). The Morgan fingerprint density at radius 2 is 2.45 bits per heavy atom. The Morgan fingerprint density at radius 1 is 1.55 bits per heavy atom. The monoisotopic (exact) mass is 152 g/mol. The van der Waals surface area contributed by atoms with Gasteiger partial charge in [-0.15, -0.1) is 0 Å². The van der Waals surface area contributed by atoms with Gasteiger partial charge in [0.25, 0.3) is 0 Å². The minimum Gasteiger partial charge on any atom is -0.389 e. The van der Waals surface area contributed by atoms with Crippen LogP contribution in [-0.4, -0.2) is 18.5 Å². The van der Waals surface area contributed by atoms with E-state index in [1.807, 2.05) is 6.20 Å². The molecule has 0 aromatic rings. The van der Waals surface area contributed by atoms with Crippen molar-refractivity contribution < 1.29 is 4.79 Å². The smallest absolute Gasteiger partial charge is 0.220 e. The molecule has 60 valence electrons. The van der Waals surface area contributed by atoms with E-state index in [1.165, 1.54) is 0 Å². The summed E-state index contributed by atoms with van der Waals surface area (Å²) in [6, 6.07) is 0.334. The van der Waals surface area contributed by atoms with Crippen molar-refractivity contribution in [1.29, 1.82) is 0 Å². The molecular weight excluding hydrogens is 140 g/mol. The van der Waals surface area contributed by atoms with Crippen LogP contribution in [0, 0.1) is 5.92 Å². The highest BCUT2D eigenvalue weighted by Gasteiger charge is 2.27.